The summed E-state index contributed by atoms with van der Waals surface area (Å²) in [4.78, 5) is 28.7. The fourth-order valence-electron chi connectivity index (χ4n) is 3.98. The lowest BCUT2D eigenvalue weighted by Crippen LogP contribution is -2.53. The molecule has 0 heterocycles. The predicted octanol–water partition coefficient (Wildman–Crippen LogP) is 5.06. The molecule has 7 nitrogen and oxygen atoms in total. The summed E-state index contributed by atoms with van der Waals surface area (Å²) in [6.45, 7) is 1.62. The van der Waals surface area contributed by atoms with Crippen molar-refractivity contribution >= 4 is 50.7 Å². The molecule has 0 spiro atoms. The number of sulfonamides is 1. The number of anilines is 1. The number of amides is 2. The van der Waals surface area contributed by atoms with Gasteiger partial charge in [0.15, 0.2) is 0 Å². The van der Waals surface area contributed by atoms with Crippen molar-refractivity contribution in [3.8, 4) is 0 Å². The Labute approximate surface area is 238 Å². The maximum absolute atomic E-state index is 13.9. The fraction of sp³-hybridized carbons (Fsp3) is 0.286. The summed E-state index contributed by atoms with van der Waals surface area (Å²) >= 11 is 12.4. The Morgan fingerprint density at radius 1 is 0.974 bits per heavy atom. The van der Waals surface area contributed by atoms with Crippen LogP contribution in [0.15, 0.2) is 72.8 Å². The molecule has 3 aromatic carbocycles. The summed E-state index contributed by atoms with van der Waals surface area (Å²) in [6.07, 6.45) is 1.82. The second-order valence-electron chi connectivity index (χ2n) is 9.01. The van der Waals surface area contributed by atoms with Gasteiger partial charge in [-0.15, -0.1) is 0 Å². The van der Waals surface area contributed by atoms with E-state index >= 15 is 0 Å². The van der Waals surface area contributed by atoms with Gasteiger partial charge in [0, 0.05) is 24.5 Å². The first-order valence-electron chi connectivity index (χ1n) is 12.3. The molecule has 3 aromatic rings. The molecule has 0 radical (unpaired) electrons. The second-order valence-corrected chi connectivity index (χ2v) is 11.8. The Morgan fingerprint density at radius 2 is 1.64 bits per heavy atom. The van der Waals surface area contributed by atoms with E-state index in [0.717, 1.165) is 16.1 Å². The summed E-state index contributed by atoms with van der Waals surface area (Å²) in [5, 5.41) is 3.17. The zero-order valence-electron chi connectivity index (χ0n) is 21.6. The SMILES string of the molecule is CCCNC(=O)C(Cc1ccccc1)N(Cc1ccc(F)cc1)C(=O)CN(c1cc(Cl)ccc1Cl)S(C)(=O)=O. The highest BCUT2D eigenvalue weighted by molar-refractivity contribution is 7.92. The molecule has 0 fully saturated rings. The van der Waals surface area contributed by atoms with Gasteiger partial charge in [0.25, 0.3) is 0 Å². The van der Waals surface area contributed by atoms with Crippen LogP contribution in [-0.2, 0) is 32.6 Å². The Hall–Kier alpha value is -3.14. The quantitative estimate of drug-likeness (QED) is 0.318. The largest absolute Gasteiger partial charge is 0.354 e. The van der Waals surface area contributed by atoms with Crippen molar-refractivity contribution in [3.05, 3.63) is 99.8 Å². The normalized spacial score (nSPS) is 12.0. The van der Waals surface area contributed by atoms with Crippen LogP contribution >= 0.6 is 23.2 Å². The molecule has 208 valence electrons. The molecule has 0 saturated heterocycles. The summed E-state index contributed by atoms with van der Waals surface area (Å²) in [5.74, 6) is -1.48. The van der Waals surface area contributed by atoms with Crippen LogP contribution in [0.25, 0.3) is 0 Å². The zero-order valence-corrected chi connectivity index (χ0v) is 23.9. The summed E-state index contributed by atoms with van der Waals surface area (Å²) in [5.41, 5.74) is 1.42. The molecule has 1 N–H and O–H groups in total. The van der Waals surface area contributed by atoms with Gasteiger partial charge in [-0.05, 0) is 47.9 Å². The van der Waals surface area contributed by atoms with Gasteiger partial charge >= 0.3 is 0 Å². The average Bonchev–Trinajstić information content (AvgIpc) is 2.90. The molecule has 39 heavy (non-hydrogen) atoms. The van der Waals surface area contributed by atoms with Gasteiger partial charge in [0.05, 0.1) is 17.0 Å². The van der Waals surface area contributed by atoms with Crippen LogP contribution < -0.4 is 9.62 Å². The summed E-state index contributed by atoms with van der Waals surface area (Å²) in [6, 6.07) is 18.1. The van der Waals surface area contributed by atoms with Crippen molar-refractivity contribution in [2.24, 2.45) is 0 Å². The van der Waals surface area contributed by atoms with E-state index < -0.39 is 34.3 Å². The molecule has 0 aliphatic rings. The topological polar surface area (TPSA) is 86.8 Å². The number of nitrogens with one attached hydrogen (secondary N) is 1. The molecule has 1 unspecified atom stereocenters. The van der Waals surface area contributed by atoms with Gasteiger partial charge in [-0.2, -0.15) is 0 Å². The number of halogens is 3. The molecule has 0 aliphatic heterocycles. The van der Waals surface area contributed by atoms with Crippen LogP contribution in [0.5, 0.6) is 0 Å². The monoisotopic (exact) mass is 593 g/mol. The van der Waals surface area contributed by atoms with Crippen LogP contribution in [0.4, 0.5) is 10.1 Å². The zero-order chi connectivity index (χ0) is 28.6. The van der Waals surface area contributed by atoms with Gasteiger partial charge in [-0.3, -0.25) is 13.9 Å². The number of benzene rings is 3. The highest BCUT2D eigenvalue weighted by Crippen LogP contribution is 2.31. The lowest BCUT2D eigenvalue weighted by Gasteiger charge is -2.33. The molecule has 0 saturated carbocycles. The minimum absolute atomic E-state index is 0.0387. The van der Waals surface area contributed by atoms with Crippen LogP contribution in [0, 0.1) is 5.82 Å². The third-order valence-electron chi connectivity index (χ3n) is 5.94. The first kappa shape index (κ1) is 30.4. The smallest absolute Gasteiger partial charge is 0.244 e. The predicted molar refractivity (Wildman–Crippen MR) is 153 cm³/mol. The maximum atomic E-state index is 13.9. The van der Waals surface area contributed by atoms with E-state index in [4.69, 9.17) is 23.2 Å². The minimum Gasteiger partial charge on any atom is -0.354 e. The first-order valence-corrected chi connectivity index (χ1v) is 14.9. The molecule has 1 atom stereocenters. The van der Waals surface area contributed by atoms with E-state index in [1.807, 2.05) is 37.3 Å². The molecular weight excluding hydrogens is 564 g/mol. The van der Waals surface area contributed by atoms with Crippen LogP contribution in [0.2, 0.25) is 10.0 Å². The van der Waals surface area contributed by atoms with E-state index in [-0.39, 0.29) is 34.6 Å². The Balaban J connectivity index is 2.06. The highest BCUT2D eigenvalue weighted by Gasteiger charge is 2.33. The molecular formula is C28H30Cl2FN3O4S. The average molecular weight is 595 g/mol. The molecule has 0 aliphatic carbocycles. The third-order valence-corrected chi connectivity index (χ3v) is 7.62. The molecule has 0 bridgehead atoms. The van der Waals surface area contributed by atoms with Crippen molar-refractivity contribution in [3.63, 3.8) is 0 Å². The van der Waals surface area contributed by atoms with Gasteiger partial charge in [-0.1, -0.05) is 72.6 Å². The Morgan fingerprint density at radius 3 is 2.26 bits per heavy atom. The first-order chi connectivity index (χ1) is 18.5. The van der Waals surface area contributed by atoms with Crippen LogP contribution in [-0.4, -0.2) is 50.5 Å². The van der Waals surface area contributed by atoms with E-state index in [9.17, 15) is 22.4 Å². The number of nitrogens with zero attached hydrogens (tertiary/aromatic N) is 2. The van der Waals surface area contributed by atoms with Crippen molar-refractivity contribution in [1.82, 2.24) is 10.2 Å². The Kier molecular flexibility index (Phi) is 10.7. The summed E-state index contributed by atoms with van der Waals surface area (Å²) in [7, 11) is -3.99. The second kappa shape index (κ2) is 13.8. The van der Waals surface area contributed by atoms with Gasteiger partial charge in [0.2, 0.25) is 21.8 Å². The summed E-state index contributed by atoms with van der Waals surface area (Å²) < 4.78 is 40.1. The van der Waals surface area contributed by atoms with Crippen LogP contribution in [0.1, 0.15) is 24.5 Å². The van der Waals surface area contributed by atoms with E-state index in [2.05, 4.69) is 5.32 Å². The Bertz CT molecular complexity index is 1390. The highest BCUT2D eigenvalue weighted by atomic mass is 35.5. The van der Waals surface area contributed by atoms with E-state index in [0.29, 0.717) is 18.5 Å². The molecule has 3 rings (SSSR count). The van der Waals surface area contributed by atoms with E-state index in [1.165, 1.54) is 47.4 Å². The number of rotatable bonds is 12. The van der Waals surface area contributed by atoms with Crippen molar-refractivity contribution in [2.45, 2.75) is 32.4 Å². The van der Waals surface area contributed by atoms with Crippen LogP contribution in [0.3, 0.4) is 0 Å². The number of hydrogen-bond acceptors (Lipinski definition) is 4. The fourth-order valence-corrected chi connectivity index (χ4v) is 5.27. The lowest BCUT2D eigenvalue weighted by atomic mass is 10.0. The molecule has 2 amide bonds. The molecule has 11 heteroatoms. The van der Waals surface area contributed by atoms with Gasteiger partial charge in [-0.25, -0.2) is 12.8 Å². The number of carbonyl (C=O) groups excluding carboxylic acids is 2. The van der Waals surface area contributed by atoms with Gasteiger partial charge in [0.1, 0.15) is 18.4 Å². The van der Waals surface area contributed by atoms with Crippen molar-refractivity contribution < 1.29 is 22.4 Å². The lowest BCUT2D eigenvalue weighted by molar-refractivity contribution is -0.140. The van der Waals surface area contributed by atoms with Crippen molar-refractivity contribution in [2.75, 3.05) is 23.7 Å². The molecule has 0 aromatic heterocycles. The number of hydrogen-bond donors (Lipinski definition) is 1. The maximum Gasteiger partial charge on any atom is 0.244 e. The minimum atomic E-state index is -3.99. The standard InChI is InChI=1S/C28H30Cl2FN3O4S/c1-3-15-32-28(36)26(16-20-7-5-4-6-8-20)33(18-21-9-12-23(31)13-10-21)27(35)19-34(39(2,37)38)25-17-22(29)11-14-24(25)30/h4-14,17,26H,3,15-16,18-19H2,1-2H3,(H,32,36). The van der Waals surface area contributed by atoms with Gasteiger partial charge < -0.3 is 10.2 Å². The third kappa shape index (κ3) is 8.68. The number of carbonyl (C=O) groups is 2. The van der Waals surface area contributed by atoms with Crippen molar-refractivity contribution in [1.29, 1.82) is 0 Å². The van der Waals surface area contributed by atoms with E-state index in [1.54, 1.807) is 0 Å².